The molecule has 2 aromatic heterocycles. The number of hydrogen-bond donors (Lipinski definition) is 0. The van der Waals surface area contributed by atoms with Gasteiger partial charge in [0.05, 0.1) is 35.9 Å². The fourth-order valence-corrected chi connectivity index (χ4v) is 7.52. The molecule has 0 amide bonds. The summed E-state index contributed by atoms with van der Waals surface area (Å²) in [6.45, 7) is 12.5. The molecule has 2 aromatic carbocycles. The number of esters is 2. The Kier molecular flexibility index (Phi) is 19.8. The zero-order chi connectivity index (χ0) is 38.9. The topological polar surface area (TPSA) is 127 Å². The predicted octanol–water partition coefficient (Wildman–Crippen LogP) is 12.9. The molecule has 2 heterocycles. The first-order valence-electron chi connectivity index (χ1n) is 19.4. The van der Waals surface area contributed by atoms with Gasteiger partial charge in [-0.3, -0.25) is 0 Å². The maximum atomic E-state index is 11.1. The van der Waals surface area contributed by atoms with Gasteiger partial charge in [0, 0.05) is 30.9 Å². The number of ether oxygens (including phenoxy) is 3. The molecule has 0 aliphatic carbocycles. The summed E-state index contributed by atoms with van der Waals surface area (Å²) in [6.07, 6.45) is 16.8. The van der Waals surface area contributed by atoms with E-state index in [-0.39, 0.29) is 11.9 Å². The Bertz CT molecular complexity index is 1770. The minimum Gasteiger partial charge on any atom is -0.494 e. The molecule has 13 heteroatoms. The highest BCUT2D eigenvalue weighted by Gasteiger charge is 2.09. The first-order chi connectivity index (χ1) is 27.0. The molecule has 0 atom stereocenters. The van der Waals surface area contributed by atoms with Gasteiger partial charge in [0.15, 0.2) is 0 Å². The van der Waals surface area contributed by atoms with E-state index in [1.807, 2.05) is 42.5 Å². The van der Waals surface area contributed by atoms with Gasteiger partial charge in [0.25, 0.3) is 0 Å². The number of rotatable bonds is 28. The Balaban J connectivity index is 1.09. The van der Waals surface area contributed by atoms with Crippen molar-refractivity contribution in [3.8, 4) is 5.75 Å². The Morgan fingerprint density at radius 2 is 1.20 bits per heavy atom. The molecular weight excluding hydrogens is 733 g/mol. The third-order valence-electron chi connectivity index (χ3n) is 8.72. The summed E-state index contributed by atoms with van der Waals surface area (Å²) in [5, 5.41) is 19.0. The summed E-state index contributed by atoms with van der Waals surface area (Å²) in [5.41, 5.74) is 2.69. The average Bonchev–Trinajstić information content (AvgIpc) is 3.78. The van der Waals surface area contributed by atoms with Crippen molar-refractivity contribution < 1.29 is 23.8 Å². The van der Waals surface area contributed by atoms with Crippen molar-refractivity contribution in [3.05, 3.63) is 79.9 Å². The number of thiazole rings is 1. The van der Waals surface area contributed by atoms with Crippen LogP contribution in [0.5, 0.6) is 5.75 Å². The molecule has 0 bridgehead atoms. The number of aromatic nitrogens is 1. The van der Waals surface area contributed by atoms with Gasteiger partial charge in [0.1, 0.15) is 15.6 Å². The fourth-order valence-electron chi connectivity index (χ4n) is 5.67. The third kappa shape index (κ3) is 16.7. The van der Waals surface area contributed by atoms with E-state index in [9.17, 15) is 9.59 Å². The second kappa shape index (κ2) is 25.4. The lowest BCUT2D eigenvalue weighted by Gasteiger charge is -2.23. The van der Waals surface area contributed by atoms with E-state index in [0.717, 1.165) is 102 Å². The lowest BCUT2D eigenvalue weighted by atomic mass is 10.1. The monoisotopic (exact) mass is 786 g/mol. The molecule has 4 aromatic rings. The molecular formula is C42H54N6O5S2. The molecule has 0 saturated carbocycles. The van der Waals surface area contributed by atoms with Crippen LogP contribution in [0.25, 0.3) is 9.53 Å². The number of hydrogen-bond acceptors (Lipinski definition) is 13. The number of benzene rings is 2. The number of anilines is 1. The number of carbonyl (C=O) groups is 2. The zero-order valence-electron chi connectivity index (χ0n) is 32.0. The Labute approximate surface area is 333 Å². The molecule has 11 nitrogen and oxygen atoms in total. The summed E-state index contributed by atoms with van der Waals surface area (Å²) < 4.78 is 17.0. The van der Waals surface area contributed by atoms with Crippen LogP contribution in [0, 0.1) is 0 Å². The van der Waals surface area contributed by atoms with E-state index in [1.54, 1.807) is 0 Å². The summed E-state index contributed by atoms with van der Waals surface area (Å²) >= 11 is 2.96. The van der Waals surface area contributed by atoms with E-state index in [4.69, 9.17) is 14.2 Å². The van der Waals surface area contributed by atoms with Crippen molar-refractivity contribution in [1.82, 2.24) is 4.98 Å². The predicted molar refractivity (Wildman–Crippen MR) is 224 cm³/mol. The summed E-state index contributed by atoms with van der Waals surface area (Å²) in [4.78, 5) is 30.0. The van der Waals surface area contributed by atoms with Crippen LogP contribution < -0.4 is 9.64 Å². The van der Waals surface area contributed by atoms with Crippen molar-refractivity contribution in [1.29, 1.82) is 0 Å². The Hall–Kier alpha value is -4.75. The maximum Gasteiger partial charge on any atom is 0.330 e. The van der Waals surface area contributed by atoms with Gasteiger partial charge in [-0.05, 0) is 93.6 Å². The molecule has 0 spiro atoms. The van der Waals surface area contributed by atoms with Crippen LogP contribution in [0.3, 0.4) is 0 Å². The quantitative estimate of drug-likeness (QED) is 0.0243. The normalized spacial score (nSPS) is 11.4. The molecule has 55 heavy (non-hydrogen) atoms. The minimum atomic E-state index is -0.359. The first kappa shape index (κ1) is 43.0. The molecule has 0 saturated heterocycles. The van der Waals surface area contributed by atoms with Crippen molar-refractivity contribution in [3.63, 3.8) is 0 Å². The molecule has 0 fully saturated rings. The summed E-state index contributed by atoms with van der Waals surface area (Å²) in [7, 11) is 0. The Morgan fingerprint density at radius 3 is 1.76 bits per heavy atom. The van der Waals surface area contributed by atoms with Crippen molar-refractivity contribution >= 4 is 71.3 Å². The third-order valence-corrected chi connectivity index (χ3v) is 10.6. The van der Waals surface area contributed by atoms with E-state index in [2.05, 4.69) is 62.6 Å². The Morgan fingerprint density at radius 1 is 0.673 bits per heavy atom. The molecule has 0 aliphatic rings. The smallest absolute Gasteiger partial charge is 0.330 e. The SMILES string of the molecule is C=CC(=O)OCCCCCCCCCCCOc1ccc(N=Nc2cc3sc(N=Nc4ccc(N(CC)CCCCCCOC(=O)C=C)cc4)nc3s2)cc1. The van der Waals surface area contributed by atoms with E-state index < -0.39 is 0 Å². The fraction of sp³-hybridized carbons (Fsp3) is 0.452. The van der Waals surface area contributed by atoms with Crippen LogP contribution in [0.4, 0.5) is 27.2 Å². The van der Waals surface area contributed by atoms with Gasteiger partial charge in [-0.2, -0.15) is 0 Å². The number of thiophene rings is 1. The lowest BCUT2D eigenvalue weighted by molar-refractivity contribution is -0.138. The van der Waals surface area contributed by atoms with Gasteiger partial charge >= 0.3 is 11.9 Å². The van der Waals surface area contributed by atoms with Crippen LogP contribution in [0.2, 0.25) is 0 Å². The molecule has 0 radical (unpaired) electrons. The van der Waals surface area contributed by atoms with Crippen molar-refractivity contribution in [2.75, 3.05) is 37.8 Å². The number of unbranched alkanes of at least 4 members (excludes halogenated alkanes) is 11. The maximum absolute atomic E-state index is 11.1. The molecule has 0 aliphatic heterocycles. The van der Waals surface area contributed by atoms with Crippen LogP contribution in [-0.2, 0) is 19.1 Å². The van der Waals surface area contributed by atoms with Crippen LogP contribution >= 0.6 is 22.7 Å². The van der Waals surface area contributed by atoms with Gasteiger partial charge in [-0.15, -0.1) is 20.5 Å². The van der Waals surface area contributed by atoms with Gasteiger partial charge in [-0.25, -0.2) is 14.6 Å². The highest BCUT2D eigenvalue weighted by molar-refractivity contribution is 7.30. The molecule has 0 unspecified atom stereocenters. The second-order valence-corrected chi connectivity index (χ2v) is 14.9. The van der Waals surface area contributed by atoms with Crippen LogP contribution in [-0.4, -0.2) is 49.8 Å². The summed E-state index contributed by atoms with van der Waals surface area (Å²) in [6, 6.07) is 17.8. The second-order valence-electron chi connectivity index (χ2n) is 12.9. The largest absolute Gasteiger partial charge is 0.494 e. The average molecular weight is 787 g/mol. The van der Waals surface area contributed by atoms with Crippen molar-refractivity contribution in [2.45, 2.75) is 90.4 Å². The van der Waals surface area contributed by atoms with Gasteiger partial charge < -0.3 is 19.1 Å². The minimum absolute atomic E-state index is 0.338. The zero-order valence-corrected chi connectivity index (χ0v) is 33.7. The number of azo groups is 2. The molecule has 0 N–H and O–H groups in total. The van der Waals surface area contributed by atoms with E-state index in [0.29, 0.717) is 25.0 Å². The van der Waals surface area contributed by atoms with E-state index in [1.165, 1.54) is 66.9 Å². The standard InChI is InChI=1S/C42H54N6O5S2/c1-4-39(49)52-30-18-14-11-9-7-8-10-13-17-29-51-36-26-22-34(23-27-36)44-46-38-32-37-41(55-38)43-42(54-37)47-45-33-20-24-35(25-21-33)48(6-3)28-16-12-15-19-31-53-40(50)5-2/h4-5,20-27,32H,1-2,6-19,28-31H2,3H3. The first-order valence-corrected chi connectivity index (χ1v) is 21.0. The van der Waals surface area contributed by atoms with Crippen molar-refractivity contribution in [2.24, 2.45) is 20.5 Å². The van der Waals surface area contributed by atoms with E-state index >= 15 is 0 Å². The molecule has 4 rings (SSSR count). The number of nitrogens with zero attached hydrogens (tertiary/aromatic N) is 6. The number of fused-ring (bicyclic) bond motifs is 1. The highest BCUT2D eigenvalue weighted by Crippen LogP contribution is 2.39. The summed E-state index contributed by atoms with van der Waals surface area (Å²) in [5.74, 6) is 0.140. The highest BCUT2D eigenvalue weighted by atomic mass is 32.1. The number of carbonyl (C=O) groups excluding carboxylic acids is 2. The van der Waals surface area contributed by atoms with Gasteiger partial charge in [0.2, 0.25) is 5.13 Å². The molecule has 294 valence electrons. The van der Waals surface area contributed by atoms with Crippen LogP contribution in [0.1, 0.15) is 90.4 Å². The van der Waals surface area contributed by atoms with Crippen LogP contribution in [0.15, 0.2) is 100 Å². The lowest BCUT2D eigenvalue weighted by Crippen LogP contribution is -2.23. The van der Waals surface area contributed by atoms with Gasteiger partial charge in [-0.1, -0.05) is 87.2 Å².